The van der Waals surface area contributed by atoms with Crippen LogP contribution in [0.15, 0.2) is 59.8 Å². The summed E-state index contributed by atoms with van der Waals surface area (Å²) in [5.74, 6) is -0.301. The lowest BCUT2D eigenvalue weighted by Gasteiger charge is -2.10. The van der Waals surface area contributed by atoms with Crippen molar-refractivity contribution in [3.8, 4) is 11.3 Å². The number of nitrogens with one attached hydrogen (secondary N) is 2. The molecule has 0 radical (unpaired) electrons. The minimum absolute atomic E-state index is 0.256. The zero-order chi connectivity index (χ0) is 23.8. The van der Waals surface area contributed by atoms with Crippen LogP contribution in [0, 0.1) is 6.92 Å². The zero-order valence-corrected chi connectivity index (χ0v) is 20.0. The highest BCUT2D eigenvalue weighted by atomic mass is 35.5. The average molecular weight is 483 g/mol. The molecule has 1 amide bonds. The van der Waals surface area contributed by atoms with E-state index in [1.807, 2.05) is 19.1 Å². The van der Waals surface area contributed by atoms with Crippen LogP contribution in [0.25, 0.3) is 22.4 Å². The van der Waals surface area contributed by atoms with Crippen LogP contribution in [0.1, 0.15) is 35.3 Å². The topological polar surface area (TPSA) is 105 Å². The maximum Gasteiger partial charge on any atom is 0.255 e. The number of halogens is 1. The zero-order valence-electron chi connectivity index (χ0n) is 18.4. The molecule has 170 valence electrons. The maximum atomic E-state index is 12.9. The second kappa shape index (κ2) is 8.96. The number of hydrogen-bond donors (Lipinski definition) is 2. The summed E-state index contributed by atoms with van der Waals surface area (Å²) in [4.78, 5) is 25.1. The van der Waals surface area contributed by atoms with Crippen LogP contribution < -0.4 is 5.32 Å². The number of aryl methyl sites for hydroxylation is 1. The predicted octanol–water partition coefficient (Wildman–Crippen LogP) is 4.70. The van der Waals surface area contributed by atoms with Gasteiger partial charge in [-0.1, -0.05) is 35.9 Å². The number of aromatic nitrogens is 3. The Morgan fingerprint density at radius 1 is 1.15 bits per heavy atom. The van der Waals surface area contributed by atoms with Crippen LogP contribution in [0.5, 0.6) is 0 Å². The Balaban J connectivity index is 1.61. The highest BCUT2D eigenvalue weighted by Crippen LogP contribution is 2.24. The summed E-state index contributed by atoms with van der Waals surface area (Å²) in [5.41, 5.74) is 4.36. The summed E-state index contributed by atoms with van der Waals surface area (Å²) in [5, 5.41) is 2.98. The number of sulfone groups is 1. The number of benzene rings is 2. The second-order valence-corrected chi connectivity index (χ2v) is 10.9. The molecule has 2 heterocycles. The van der Waals surface area contributed by atoms with E-state index in [0.717, 1.165) is 11.1 Å². The molecule has 2 N–H and O–H groups in total. The van der Waals surface area contributed by atoms with Gasteiger partial charge in [-0.25, -0.2) is 18.4 Å². The van der Waals surface area contributed by atoms with Crippen molar-refractivity contribution in [2.45, 2.75) is 37.5 Å². The van der Waals surface area contributed by atoms with E-state index >= 15 is 0 Å². The molecule has 0 aliphatic heterocycles. The molecule has 2 aromatic carbocycles. The van der Waals surface area contributed by atoms with Crippen LogP contribution in [0.4, 0.5) is 0 Å². The van der Waals surface area contributed by atoms with Gasteiger partial charge in [-0.05, 0) is 50.1 Å². The molecular formula is C24H23ClN4O3S. The van der Waals surface area contributed by atoms with Crippen LogP contribution >= 0.6 is 11.6 Å². The van der Waals surface area contributed by atoms with E-state index in [4.69, 9.17) is 11.6 Å². The first-order valence-corrected chi connectivity index (χ1v) is 12.3. The van der Waals surface area contributed by atoms with Gasteiger partial charge in [-0.3, -0.25) is 4.79 Å². The minimum Gasteiger partial charge on any atom is -0.348 e. The van der Waals surface area contributed by atoms with Crippen molar-refractivity contribution in [2.75, 3.05) is 0 Å². The predicted molar refractivity (Wildman–Crippen MR) is 129 cm³/mol. The Labute approximate surface area is 197 Å². The third-order valence-electron chi connectivity index (χ3n) is 5.50. The molecule has 0 unspecified atom stereocenters. The molecule has 9 heteroatoms. The molecule has 0 fully saturated rings. The van der Waals surface area contributed by atoms with Crippen molar-refractivity contribution in [3.63, 3.8) is 0 Å². The Hall–Kier alpha value is -3.23. The quantitative estimate of drug-likeness (QED) is 0.414. The molecule has 0 spiro atoms. The smallest absolute Gasteiger partial charge is 0.255 e. The molecule has 33 heavy (non-hydrogen) atoms. The molecule has 0 atom stereocenters. The Morgan fingerprint density at radius 3 is 2.55 bits per heavy atom. The fourth-order valence-corrected chi connectivity index (χ4v) is 4.79. The molecule has 2 aromatic heterocycles. The van der Waals surface area contributed by atoms with E-state index in [9.17, 15) is 13.2 Å². The van der Waals surface area contributed by atoms with Gasteiger partial charge in [0.1, 0.15) is 5.52 Å². The number of carbonyl (C=O) groups is 1. The van der Waals surface area contributed by atoms with E-state index < -0.39 is 15.1 Å². The second-order valence-electron chi connectivity index (χ2n) is 7.99. The number of hydrogen-bond acceptors (Lipinski definition) is 5. The van der Waals surface area contributed by atoms with Gasteiger partial charge < -0.3 is 10.3 Å². The van der Waals surface area contributed by atoms with E-state index in [1.54, 1.807) is 56.6 Å². The summed E-state index contributed by atoms with van der Waals surface area (Å²) >= 11 is 6.26. The SMILES string of the molecule is Cc1cccc(Cl)c1CNC(=O)c1c[nH]c2ncc(-c3ccc(S(=O)(=O)C(C)C)cc3)nc12. The van der Waals surface area contributed by atoms with Crippen LogP contribution in [-0.2, 0) is 16.4 Å². The van der Waals surface area contributed by atoms with Crippen molar-refractivity contribution in [3.05, 3.63) is 76.6 Å². The van der Waals surface area contributed by atoms with Gasteiger partial charge in [-0.15, -0.1) is 0 Å². The van der Waals surface area contributed by atoms with Gasteiger partial charge in [0.15, 0.2) is 15.5 Å². The van der Waals surface area contributed by atoms with Crippen LogP contribution in [0.2, 0.25) is 5.02 Å². The van der Waals surface area contributed by atoms with Crippen molar-refractivity contribution in [2.24, 2.45) is 0 Å². The first-order chi connectivity index (χ1) is 15.7. The maximum absolute atomic E-state index is 12.9. The Kier molecular flexibility index (Phi) is 6.23. The minimum atomic E-state index is -3.36. The number of aromatic amines is 1. The summed E-state index contributed by atoms with van der Waals surface area (Å²) in [7, 11) is -3.36. The van der Waals surface area contributed by atoms with Gasteiger partial charge >= 0.3 is 0 Å². The van der Waals surface area contributed by atoms with E-state index in [1.165, 1.54) is 0 Å². The third-order valence-corrected chi connectivity index (χ3v) is 8.03. The lowest BCUT2D eigenvalue weighted by Crippen LogP contribution is -2.23. The monoisotopic (exact) mass is 482 g/mol. The first kappa shape index (κ1) is 22.9. The summed E-state index contributed by atoms with van der Waals surface area (Å²) in [6.45, 7) is 5.52. The summed E-state index contributed by atoms with van der Waals surface area (Å²) in [6.07, 6.45) is 3.15. The van der Waals surface area contributed by atoms with Crippen LogP contribution in [-0.4, -0.2) is 34.5 Å². The number of carbonyl (C=O) groups excluding carboxylic acids is 1. The fraction of sp³-hybridized carbons (Fsp3) is 0.208. The molecule has 0 saturated carbocycles. The molecular weight excluding hydrogens is 460 g/mol. The Bertz CT molecular complexity index is 1420. The molecule has 4 rings (SSSR count). The lowest BCUT2D eigenvalue weighted by atomic mass is 10.1. The fourth-order valence-electron chi connectivity index (χ4n) is 3.45. The number of H-pyrrole nitrogens is 1. The van der Waals surface area contributed by atoms with Crippen molar-refractivity contribution < 1.29 is 13.2 Å². The Morgan fingerprint density at radius 2 is 1.88 bits per heavy atom. The van der Waals surface area contributed by atoms with Gasteiger partial charge in [0.05, 0.1) is 27.6 Å². The lowest BCUT2D eigenvalue weighted by molar-refractivity contribution is 0.0952. The van der Waals surface area contributed by atoms with Gasteiger partial charge in [0.25, 0.3) is 5.91 Å². The molecule has 0 aliphatic carbocycles. The van der Waals surface area contributed by atoms with Crippen molar-refractivity contribution >= 4 is 38.5 Å². The van der Waals surface area contributed by atoms with Gasteiger partial charge in [-0.2, -0.15) is 0 Å². The molecule has 0 aliphatic rings. The average Bonchev–Trinajstić information content (AvgIpc) is 3.22. The van der Waals surface area contributed by atoms with Crippen molar-refractivity contribution in [1.82, 2.24) is 20.3 Å². The molecule has 0 bridgehead atoms. The number of fused-ring (bicyclic) bond motifs is 1. The number of rotatable bonds is 6. The van der Waals surface area contributed by atoms with Crippen molar-refractivity contribution in [1.29, 1.82) is 0 Å². The van der Waals surface area contributed by atoms with Gasteiger partial charge in [0, 0.05) is 23.3 Å². The molecule has 0 saturated heterocycles. The third kappa shape index (κ3) is 4.49. The van der Waals surface area contributed by atoms with Crippen LogP contribution in [0.3, 0.4) is 0 Å². The summed E-state index contributed by atoms with van der Waals surface area (Å²) < 4.78 is 24.7. The molecule has 7 nitrogen and oxygen atoms in total. The highest BCUT2D eigenvalue weighted by Gasteiger charge is 2.20. The first-order valence-electron chi connectivity index (χ1n) is 10.4. The van der Waals surface area contributed by atoms with E-state index in [0.29, 0.717) is 33.0 Å². The largest absolute Gasteiger partial charge is 0.348 e. The number of nitrogens with zero attached hydrogens (tertiary/aromatic N) is 2. The van der Waals surface area contributed by atoms with Gasteiger partial charge in [0.2, 0.25) is 0 Å². The van der Waals surface area contributed by atoms with E-state index in [-0.39, 0.29) is 17.3 Å². The number of amides is 1. The van der Waals surface area contributed by atoms with E-state index in [2.05, 4.69) is 20.3 Å². The molecule has 4 aromatic rings. The standard InChI is InChI=1S/C24H23ClN4O3S/c1-14(2)33(31,32)17-9-7-16(8-10-17)21-13-27-23-22(29-21)19(12-26-23)24(30)28-11-18-15(3)5-4-6-20(18)25/h4-10,12-14H,11H2,1-3H3,(H,26,27)(H,28,30). The highest BCUT2D eigenvalue weighted by molar-refractivity contribution is 7.92. The summed E-state index contributed by atoms with van der Waals surface area (Å²) in [6, 6.07) is 12.1. The normalized spacial score (nSPS) is 11.8.